The molecule has 0 bridgehead atoms. The summed E-state index contributed by atoms with van der Waals surface area (Å²) in [6, 6.07) is 58.5. The van der Waals surface area contributed by atoms with Crippen LogP contribution in [0.4, 0.5) is 0 Å². The average molecular weight is 711 g/mol. The third-order valence-electron chi connectivity index (χ3n) is 10.6. The number of benzene rings is 7. The fourth-order valence-corrected chi connectivity index (χ4v) is 9.11. The van der Waals surface area contributed by atoms with Gasteiger partial charge < -0.3 is 13.7 Å². The Labute approximate surface area is 317 Å². The fourth-order valence-electron chi connectivity index (χ4n) is 8.29. The number of rotatable bonds is 6. The fraction of sp³-hybridized carbons (Fsp3) is 0.0408. The number of para-hydroxylation sites is 3. The van der Waals surface area contributed by atoms with Crippen molar-refractivity contribution < 1.29 is 0 Å². The summed E-state index contributed by atoms with van der Waals surface area (Å²) in [5.41, 5.74) is 12.4. The topological polar surface area (TPSA) is 38.6 Å². The summed E-state index contributed by atoms with van der Waals surface area (Å²) < 4.78 is 7.29. The molecule has 0 aliphatic heterocycles. The Bertz CT molecular complexity index is 3120. The van der Waals surface area contributed by atoms with Crippen molar-refractivity contribution in [3.8, 4) is 23.1 Å². The Morgan fingerprint density at radius 3 is 1.80 bits per heavy atom. The van der Waals surface area contributed by atoms with E-state index in [-0.39, 0.29) is 0 Å². The van der Waals surface area contributed by atoms with Gasteiger partial charge in [0.2, 0.25) is 0 Å². The van der Waals surface area contributed by atoms with Crippen LogP contribution >= 0.6 is 11.8 Å². The lowest BCUT2D eigenvalue weighted by Gasteiger charge is -2.11. The summed E-state index contributed by atoms with van der Waals surface area (Å²) in [4.78, 5) is 2.25. The number of nitrogens with zero attached hydrogens (tertiary/aromatic N) is 4. The van der Waals surface area contributed by atoms with E-state index < -0.39 is 0 Å². The smallest absolute Gasteiger partial charge is 0.0991 e. The molecule has 256 valence electrons. The maximum atomic E-state index is 9.28. The minimum atomic E-state index is 0.669. The Morgan fingerprint density at radius 1 is 0.519 bits per heavy atom. The molecular weight excluding hydrogens is 677 g/mol. The van der Waals surface area contributed by atoms with Gasteiger partial charge in [0.1, 0.15) is 0 Å². The Balaban J connectivity index is 1.30. The molecule has 0 amide bonds. The molecule has 3 heterocycles. The van der Waals surface area contributed by atoms with Gasteiger partial charge in [-0.1, -0.05) is 84.6 Å². The van der Waals surface area contributed by atoms with E-state index in [2.05, 4.69) is 179 Å². The number of hydrogen-bond donors (Lipinski definition) is 0. The van der Waals surface area contributed by atoms with Crippen molar-refractivity contribution in [2.45, 2.75) is 23.6 Å². The molecule has 10 rings (SSSR count). The third kappa shape index (κ3) is 4.92. The lowest BCUT2D eigenvalue weighted by molar-refractivity contribution is 1.05. The van der Waals surface area contributed by atoms with Crippen LogP contribution in [0.2, 0.25) is 0 Å². The van der Waals surface area contributed by atoms with Gasteiger partial charge in [0.25, 0.3) is 0 Å². The van der Waals surface area contributed by atoms with Crippen molar-refractivity contribution in [1.82, 2.24) is 13.7 Å². The van der Waals surface area contributed by atoms with Crippen LogP contribution in [-0.4, -0.2) is 13.7 Å². The van der Waals surface area contributed by atoms with Gasteiger partial charge in [-0.2, -0.15) is 5.26 Å². The lowest BCUT2D eigenvalue weighted by Crippen LogP contribution is -1.96. The van der Waals surface area contributed by atoms with E-state index >= 15 is 0 Å². The first kappa shape index (κ1) is 32.0. The minimum Gasteiger partial charge on any atom is -0.313 e. The molecule has 10 aromatic rings. The molecule has 3 aromatic heterocycles. The summed E-state index contributed by atoms with van der Waals surface area (Å²) in [6.45, 7) is 4.32. The summed E-state index contributed by atoms with van der Waals surface area (Å²) in [6.07, 6.45) is 4.39. The zero-order chi connectivity index (χ0) is 36.3. The number of nitriles is 1. The second-order valence-electron chi connectivity index (χ2n) is 13.7. The van der Waals surface area contributed by atoms with Crippen LogP contribution in [0.15, 0.2) is 174 Å². The average Bonchev–Trinajstić information content (AvgIpc) is 3.83. The molecule has 5 heteroatoms. The molecule has 0 spiro atoms. The van der Waals surface area contributed by atoms with Crippen LogP contribution < -0.4 is 0 Å². The van der Waals surface area contributed by atoms with Gasteiger partial charge in [-0.05, 0) is 111 Å². The van der Waals surface area contributed by atoms with Crippen molar-refractivity contribution >= 4 is 72.4 Å². The van der Waals surface area contributed by atoms with E-state index in [0.29, 0.717) is 5.56 Å². The lowest BCUT2D eigenvalue weighted by atomic mass is 10.1. The number of fused-ring (bicyclic) bond motifs is 8. The Morgan fingerprint density at radius 2 is 1.11 bits per heavy atom. The molecule has 4 nitrogen and oxygen atoms in total. The largest absolute Gasteiger partial charge is 0.313 e. The summed E-state index contributed by atoms with van der Waals surface area (Å²) >= 11 is 1.70. The van der Waals surface area contributed by atoms with Crippen molar-refractivity contribution in [2.24, 2.45) is 0 Å². The predicted molar refractivity (Wildman–Crippen MR) is 227 cm³/mol. The molecule has 0 fully saturated rings. The van der Waals surface area contributed by atoms with E-state index in [1.54, 1.807) is 11.8 Å². The van der Waals surface area contributed by atoms with Crippen LogP contribution in [0.3, 0.4) is 0 Å². The second kappa shape index (κ2) is 12.7. The van der Waals surface area contributed by atoms with E-state index in [0.717, 1.165) is 26.9 Å². The monoisotopic (exact) mass is 710 g/mol. The van der Waals surface area contributed by atoms with Crippen LogP contribution in [0.1, 0.15) is 23.7 Å². The van der Waals surface area contributed by atoms with Gasteiger partial charge in [-0.15, -0.1) is 0 Å². The quantitative estimate of drug-likeness (QED) is 0.172. The minimum absolute atomic E-state index is 0.669. The normalized spacial score (nSPS) is 11.9. The van der Waals surface area contributed by atoms with Gasteiger partial charge in [0.15, 0.2) is 0 Å². The standard InChI is InChI=1S/C49H34N4S/c1-3-12-39-32(2)51(34-13-6-4-7-14-34)46-30-43-40-27-28-45-48(41-17-10-11-18-44(41)52(45)35-15-8-5-9-16-35)49(40)53(47(43)29-42(39)46)36-21-25-38(26-22-36)54-37-23-19-33(31-50)20-24-37/h3-30H,1-2H3/b12-3-. The van der Waals surface area contributed by atoms with Crippen LogP contribution in [-0.2, 0) is 0 Å². The molecule has 0 saturated heterocycles. The zero-order valence-electron chi connectivity index (χ0n) is 29.9. The third-order valence-corrected chi connectivity index (χ3v) is 11.6. The SMILES string of the molecule is C/C=C\c1c(C)n(-c2ccccc2)c2cc3c4ccc5c(c6ccccc6n5-c5ccccc5)c4n(-c4ccc(Sc5ccc(C#N)cc5)cc4)c3cc12. The van der Waals surface area contributed by atoms with Gasteiger partial charge >= 0.3 is 0 Å². The molecule has 0 N–H and O–H groups in total. The van der Waals surface area contributed by atoms with Crippen LogP contribution in [0.5, 0.6) is 0 Å². The van der Waals surface area contributed by atoms with E-state index in [1.165, 1.54) is 65.8 Å². The highest BCUT2D eigenvalue weighted by atomic mass is 32.2. The first-order valence-electron chi connectivity index (χ1n) is 18.2. The summed E-state index contributed by atoms with van der Waals surface area (Å²) in [7, 11) is 0. The van der Waals surface area contributed by atoms with E-state index in [4.69, 9.17) is 0 Å². The van der Waals surface area contributed by atoms with Crippen molar-refractivity contribution in [3.05, 3.63) is 181 Å². The highest BCUT2D eigenvalue weighted by molar-refractivity contribution is 7.99. The molecule has 54 heavy (non-hydrogen) atoms. The second-order valence-corrected chi connectivity index (χ2v) is 14.8. The highest BCUT2D eigenvalue weighted by Crippen LogP contribution is 2.44. The van der Waals surface area contributed by atoms with Gasteiger partial charge in [-0.3, -0.25) is 0 Å². The van der Waals surface area contributed by atoms with Crippen LogP contribution in [0, 0.1) is 18.3 Å². The van der Waals surface area contributed by atoms with E-state index in [9.17, 15) is 5.26 Å². The molecule has 0 radical (unpaired) electrons. The maximum absolute atomic E-state index is 9.28. The van der Waals surface area contributed by atoms with Gasteiger partial charge in [0.05, 0.1) is 39.2 Å². The molecular formula is C49H34N4S. The first-order valence-corrected chi connectivity index (χ1v) is 19.0. The predicted octanol–water partition coefficient (Wildman–Crippen LogP) is 13.2. The van der Waals surface area contributed by atoms with Gasteiger partial charge in [0, 0.05) is 65.0 Å². The summed E-state index contributed by atoms with van der Waals surface area (Å²) in [5.74, 6) is 0. The molecule has 0 atom stereocenters. The van der Waals surface area contributed by atoms with Gasteiger partial charge in [-0.25, -0.2) is 0 Å². The van der Waals surface area contributed by atoms with E-state index in [1.807, 2.05) is 24.3 Å². The maximum Gasteiger partial charge on any atom is 0.0991 e. The van der Waals surface area contributed by atoms with Crippen LogP contribution in [0.25, 0.3) is 77.7 Å². The number of hydrogen-bond acceptors (Lipinski definition) is 2. The Kier molecular flexibility index (Phi) is 7.54. The van der Waals surface area contributed by atoms with Crippen molar-refractivity contribution in [1.29, 1.82) is 5.26 Å². The number of allylic oxidation sites excluding steroid dienone is 1. The first-order chi connectivity index (χ1) is 26.6. The highest BCUT2D eigenvalue weighted by Gasteiger charge is 2.23. The molecule has 0 saturated carbocycles. The number of aromatic nitrogens is 3. The van der Waals surface area contributed by atoms with Crippen molar-refractivity contribution in [3.63, 3.8) is 0 Å². The molecule has 0 aliphatic rings. The molecule has 0 unspecified atom stereocenters. The van der Waals surface area contributed by atoms with Crippen molar-refractivity contribution in [2.75, 3.05) is 0 Å². The molecule has 7 aromatic carbocycles. The zero-order valence-corrected chi connectivity index (χ0v) is 30.7. The summed E-state index contributed by atoms with van der Waals surface area (Å²) in [5, 5.41) is 15.4. The Hall–Kier alpha value is -6.74. The molecule has 0 aliphatic carbocycles.